The number of carbonyl (C=O) groups excluding carboxylic acids is 1. The summed E-state index contributed by atoms with van der Waals surface area (Å²) in [5.41, 5.74) is 0.934. The van der Waals surface area contributed by atoms with E-state index in [0.717, 1.165) is 31.1 Å². The molecule has 23 heavy (non-hydrogen) atoms. The summed E-state index contributed by atoms with van der Waals surface area (Å²) < 4.78 is 25.1. The fourth-order valence-corrected chi connectivity index (χ4v) is 3.21. The molecule has 1 fully saturated rings. The van der Waals surface area contributed by atoms with Gasteiger partial charge in [-0.15, -0.1) is 0 Å². The van der Waals surface area contributed by atoms with Gasteiger partial charge in [0.25, 0.3) is 0 Å². The number of sulfonamides is 1. The minimum absolute atomic E-state index is 0.112. The van der Waals surface area contributed by atoms with E-state index in [0.29, 0.717) is 6.54 Å². The Morgan fingerprint density at radius 1 is 1.48 bits per heavy atom. The molecule has 1 aliphatic rings. The molecule has 1 saturated heterocycles. The van der Waals surface area contributed by atoms with Crippen LogP contribution < -0.4 is 10.0 Å². The van der Waals surface area contributed by atoms with E-state index < -0.39 is 10.0 Å². The number of hydrogen-bond acceptors (Lipinski definition) is 4. The Kier molecular flexibility index (Phi) is 5.95. The van der Waals surface area contributed by atoms with E-state index in [2.05, 4.69) is 15.0 Å². The second-order valence-corrected chi connectivity index (χ2v) is 7.75. The summed E-state index contributed by atoms with van der Waals surface area (Å²) in [5.74, 6) is 0. The SMILES string of the molecule is C[C@@H](NC(=O)N1CCCC[C@H]1CNS(C)(=O)=O)c1cccnc1. The summed E-state index contributed by atoms with van der Waals surface area (Å²) in [6, 6.07) is 3.32. The highest BCUT2D eigenvalue weighted by molar-refractivity contribution is 7.88. The Bertz CT molecular complexity index is 621. The first-order valence-corrected chi connectivity index (χ1v) is 9.67. The van der Waals surface area contributed by atoms with Crippen LogP contribution in [0.5, 0.6) is 0 Å². The van der Waals surface area contributed by atoms with E-state index in [4.69, 9.17) is 0 Å². The first-order chi connectivity index (χ1) is 10.9. The molecule has 2 rings (SSSR count). The first-order valence-electron chi connectivity index (χ1n) is 7.78. The maximum absolute atomic E-state index is 12.5. The number of carbonyl (C=O) groups is 1. The first kappa shape index (κ1) is 17.7. The molecule has 0 unspecified atom stereocenters. The summed E-state index contributed by atoms with van der Waals surface area (Å²) in [4.78, 5) is 18.3. The lowest BCUT2D eigenvalue weighted by Gasteiger charge is -2.36. The molecule has 2 atom stereocenters. The van der Waals surface area contributed by atoms with Gasteiger partial charge in [0.2, 0.25) is 10.0 Å². The van der Waals surface area contributed by atoms with Gasteiger partial charge in [0.15, 0.2) is 0 Å². The Balaban J connectivity index is 1.97. The van der Waals surface area contributed by atoms with E-state index in [-0.39, 0.29) is 24.7 Å². The molecule has 0 aromatic carbocycles. The zero-order valence-electron chi connectivity index (χ0n) is 13.5. The van der Waals surface area contributed by atoms with Crippen molar-refractivity contribution in [2.45, 2.75) is 38.3 Å². The van der Waals surface area contributed by atoms with Crippen LogP contribution in [0.3, 0.4) is 0 Å². The number of piperidine rings is 1. The molecule has 0 saturated carbocycles. The molecule has 1 aliphatic heterocycles. The van der Waals surface area contributed by atoms with E-state index in [1.54, 1.807) is 17.3 Å². The van der Waals surface area contributed by atoms with Gasteiger partial charge >= 0.3 is 6.03 Å². The minimum atomic E-state index is -3.26. The average Bonchev–Trinajstić information content (AvgIpc) is 2.53. The van der Waals surface area contributed by atoms with Crippen molar-refractivity contribution in [3.63, 3.8) is 0 Å². The molecule has 2 amide bonds. The highest BCUT2D eigenvalue weighted by atomic mass is 32.2. The monoisotopic (exact) mass is 340 g/mol. The molecule has 0 spiro atoms. The lowest BCUT2D eigenvalue weighted by atomic mass is 10.0. The fourth-order valence-electron chi connectivity index (χ4n) is 2.71. The lowest BCUT2D eigenvalue weighted by molar-refractivity contribution is 0.149. The maximum Gasteiger partial charge on any atom is 0.318 e. The average molecular weight is 340 g/mol. The van der Waals surface area contributed by atoms with Crippen molar-refractivity contribution in [2.24, 2.45) is 0 Å². The van der Waals surface area contributed by atoms with E-state index in [1.807, 2.05) is 19.1 Å². The highest BCUT2D eigenvalue weighted by Crippen LogP contribution is 2.18. The van der Waals surface area contributed by atoms with Gasteiger partial charge in [-0.2, -0.15) is 0 Å². The smallest absolute Gasteiger partial charge is 0.318 e. The number of nitrogens with zero attached hydrogens (tertiary/aromatic N) is 2. The molecular weight excluding hydrogens is 316 g/mol. The maximum atomic E-state index is 12.5. The predicted octanol–water partition coefficient (Wildman–Crippen LogP) is 1.26. The zero-order valence-corrected chi connectivity index (χ0v) is 14.3. The van der Waals surface area contributed by atoms with Gasteiger partial charge in [-0.25, -0.2) is 17.9 Å². The number of nitrogens with one attached hydrogen (secondary N) is 2. The third-order valence-corrected chi connectivity index (χ3v) is 4.68. The van der Waals surface area contributed by atoms with Crippen molar-refractivity contribution >= 4 is 16.1 Å². The third-order valence-electron chi connectivity index (χ3n) is 3.99. The van der Waals surface area contributed by atoms with Gasteiger partial charge in [-0.1, -0.05) is 6.07 Å². The van der Waals surface area contributed by atoms with Crippen LogP contribution in [0.2, 0.25) is 0 Å². The van der Waals surface area contributed by atoms with Crippen molar-refractivity contribution in [2.75, 3.05) is 19.3 Å². The van der Waals surface area contributed by atoms with Crippen LogP contribution in [0, 0.1) is 0 Å². The van der Waals surface area contributed by atoms with Gasteiger partial charge in [0.05, 0.1) is 12.3 Å². The largest absolute Gasteiger partial charge is 0.331 e. The molecule has 0 aliphatic carbocycles. The molecule has 7 nitrogen and oxygen atoms in total. The molecule has 2 N–H and O–H groups in total. The minimum Gasteiger partial charge on any atom is -0.331 e. The molecule has 128 valence electrons. The second-order valence-electron chi connectivity index (χ2n) is 5.92. The van der Waals surface area contributed by atoms with Crippen molar-refractivity contribution in [1.29, 1.82) is 0 Å². The predicted molar refractivity (Wildman–Crippen MR) is 88.4 cm³/mol. The van der Waals surface area contributed by atoms with Crippen LogP contribution in [0.25, 0.3) is 0 Å². The van der Waals surface area contributed by atoms with Gasteiger partial charge in [-0.3, -0.25) is 4.98 Å². The van der Waals surface area contributed by atoms with Crippen LogP contribution >= 0.6 is 0 Å². The Labute approximate surface area is 137 Å². The van der Waals surface area contributed by atoms with Crippen molar-refractivity contribution in [1.82, 2.24) is 19.9 Å². The van der Waals surface area contributed by atoms with Gasteiger partial charge in [-0.05, 0) is 37.8 Å². The van der Waals surface area contributed by atoms with Crippen LogP contribution in [-0.2, 0) is 10.0 Å². The summed E-state index contributed by atoms with van der Waals surface area (Å²) in [7, 11) is -3.26. The molecule has 1 aromatic rings. The van der Waals surface area contributed by atoms with Crippen molar-refractivity contribution < 1.29 is 13.2 Å². The number of amides is 2. The number of aromatic nitrogens is 1. The summed E-state index contributed by atoms with van der Waals surface area (Å²) in [6.07, 6.45) is 7.28. The quantitative estimate of drug-likeness (QED) is 0.844. The summed E-state index contributed by atoms with van der Waals surface area (Å²) in [6.45, 7) is 2.80. The zero-order chi connectivity index (χ0) is 16.9. The number of hydrogen-bond donors (Lipinski definition) is 2. The van der Waals surface area contributed by atoms with E-state index in [1.165, 1.54) is 0 Å². The van der Waals surface area contributed by atoms with E-state index in [9.17, 15) is 13.2 Å². The van der Waals surface area contributed by atoms with Crippen LogP contribution in [0.15, 0.2) is 24.5 Å². The van der Waals surface area contributed by atoms with Crippen LogP contribution in [0.1, 0.15) is 37.8 Å². The Morgan fingerprint density at radius 2 is 2.26 bits per heavy atom. The Morgan fingerprint density at radius 3 is 2.91 bits per heavy atom. The van der Waals surface area contributed by atoms with Crippen LogP contribution in [-0.4, -0.2) is 49.7 Å². The summed E-state index contributed by atoms with van der Waals surface area (Å²) in [5, 5.41) is 2.96. The highest BCUT2D eigenvalue weighted by Gasteiger charge is 2.28. The summed E-state index contributed by atoms with van der Waals surface area (Å²) >= 11 is 0. The van der Waals surface area contributed by atoms with Gasteiger partial charge < -0.3 is 10.2 Å². The molecule has 2 heterocycles. The molecule has 0 radical (unpaired) electrons. The normalized spacial score (nSPS) is 20.1. The number of pyridine rings is 1. The number of urea groups is 1. The topological polar surface area (TPSA) is 91.4 Å². The van der Waals surface area contributed by atoms with Crippen LogP contribution in [0.4, 0.5) is 4.79 Å². The number of rotatable bonds is 5. The van der Waals surface area contributed by atoms with Crippen molar-refractivity contribution in [3.8, 4) is 0 Å². The van der Waals surface area contributed by atoms with Crippen molar-refractivity contribution in [3.05, 3.63) is 30.1 Å². The molecule has 8 heteroatoms. The fraction of sp³-hybridized carbons (Fsp3) is 0.600. The molecule has 0 bridgehead atoms. The second kappa shape index (κ2) is 7.74. The number of likely N-dealkylation sites (tertiary alicyclic amines) is 1. The molecular formula is C15H24N4O3S. The Hall–Kier alpha value is -1.67. The van der Waals surface area contributed by atoms with Gasteiger partial charge in [0.1, 0.15) is 0 Å². The molecule has 1 aromatic heterocycles. The van der Waals surface area contributed by atoms with Gasteiger partial charge in [0, 0.05) is 31.5 Å². The third kappa shape index (κ3) is 5.47. The van der Waals surface area contributed by atoms with E-state index >= 15 is 0 Å². The standard InChI is InChI=1S/C15H24N4O3S/c1-12(13-6-5-8-16-10-13)18-15(20)19-9-4-3-7-14(19)11-17-23(2,21)22/h5-6,8,10,12,14,17H,3-4,7,9,11H2,1-2H3,(H,18,20)/t12-,14+/m1/s1. The lowest BCUT2D eigenvalue weighted by Crippen LogP contribution is -2.53.